The van der Waals surface area contributed by atoms with Gasteiger partial charge >= 0.3 is 11.9 Å². The van der Waals surface area contributed by atoms with Gasteiger partial charge in [0.15, 0.2) is 0 Å². The second-order valence-electron chi connectivity index (χ2n) is 9.49. The molecule has 5 heteroatoms. The van der Waals surface area contributed by atoms with Gasteiger partial charge in [-0.15, -0.1) is 0 Å². The Morgan fingerprint density at radius 2 is 1.42 bits per heavy atom. The molecule has 0 aliphatic heterocycles. The van der Waals surface area contributed by atoms with Crippen molar-refractivity contribution in [3.05, 3.63) is 108 Å². The molecule has 0 aromatic heterocycles. The highest BCUT2D eigenvalue weighted by Crippen LogP contribution is 2.26. The molecule has 0 heterocycles. The third-order valence-corrected chi connectivity index (χ3v) is 6.72. The molecular formula is C33H38O5. The van der Waals surface area contributed by atoms with E-state index in [9.17, 15) is 14.7 Å². The number of carboxylic acids is 1. The Hall–Kier alpha value is -3.86. The number of hydrogen-bond acceptors (Lipinski definition) is 4. The summed E-state index contributed by atoms with van der Waals surface area (Å²) in [6.45, 7) is 0.140. The van der Waals surface area contributed by atoms with E-state index >= 15 is 0 Å². The van der Waals surface area contributed by atoms with Crippen molar-refractivity contribution in [3.8, 4) is 5.75 Å². The predicted octanol–water partition coefficient (Wildman–Crippen LogP) is 7.35. The van der Waals surface area contributed by atoms with Crippen molar-refractivity contribution in [2.75, 3.05) is 7.11 Å². The first-order valence-electron chi connectivity index (χ1n) is 13.3. The first-order valence-corrected chi connectivity index (χ1v) is 13.3. The number of benzene rings is 3. The molecule has 0 aliphatic rings. The van der Waals surface area contributed by atoms with Crippen molar-refractivity contribution in [3.63, 3.8) is 0 Å². The zero-order valence-corrected chi connectivity index (χ0v) is 22.1. The lowest BCUT2D eigenvalue weighted by Gasteiger charge is -2.22. The van der Waals surface area contributed by atoms with Crippen molar-refractivity contribution < 1.29 is 24.2 Å². The number of hydrogen-bond donors (Lipinski definition) is 1. The highest BCUT2D eigenvalue weighted by molar-refractivity contribution is 5.81. The normalized spacial score (nSPS) is 12.7. The minimum Gasteiger partial charge on any atom is -0.497 e. The molecule has 200 valence electrons. The number of esters is 1. The SMILES string of the molecule is COc1ccc(/C=C/C[C@H](C(=O)O)[C@@H](CCCCCCc2ccccc2)C(=O)OCc2ccccc2)cc1. The van der Waals surface area contributed by atoms with Crippen LogP contribution < -0.4 is 4.74 Å². The molecule has 0 saturated carbocycles. The molecule has 3 rings (SSSR count). The molecule has 3 aromatic carbocycles. The number of carboxylic acid groups (broad SMARTS) is 1. The molecule has 0 spiro atoms. The van der Waals surface area contributed by atoms with Crippen LogP contribution in [0.2, 0.25) is 0 Å². The Morgan fingerprint density at radius 1 is 0.789 bits per heavy atom. The Kier molecular flexibility index (Phi) is 12.1. The van der Waals surface area contributed by atoms with Gasteiger partial charge in [-0.25, -0.2) is 0 Å². The smallest absolute Gasteiger partial charge is 0.310 e. The third-order valence-electron chi connectivity index (χ3n) is 6.72. The molecular weight excluding hydrogens is 476 g/mol. The van der Waals surface area contributed by atoms with E-state index in [4.69, 9.17) is 9.47 Å². The summed E-state index contributed by atoms with van der Waals surface area (Å²) in [7, 11) is 1.61. The van der Waals surface area contributed by atoms with Gasteiger partial charge < -0.3 is 14.6 Å². The van der Waals surface area contributed by atoms with Crippen LogP contribution in [0.25, 0.3) is 6.08 Å². The maximum atomic E-state index is 13.1. The molecule has 0 fully saturated rings. The van der Waals surface area contributed by atoms with E-state index in [-0.39, 0.29) is 13.0 Å². The quantitative estimate of drug-likeness (QED) is 0.160. The summed E-state index contributed by atoms with van der Waals surface area (Å²) in [6, 6.07) is 27.4. The highest BCUT2D eigenvalue weighted by Gasteiger charge is 2.33. The van der Waals surface area contributed by atoms with Gasteiger partial charge in [-0.3, -0.25) is 9.59 Å². The number of carbonyl (C=O) groups is 2. The van der Waals surface area contributed by atoms with Gasteiger partial charge in [-0.2, -0.15) is 0 Å². The molecule has 0 bridgehead atoms. The van der Waals surface area contributed by atoms with Crippen molar-refractivity contribution in [1.29, 1.82) is 0 Å². The van der Waals surface area contributed by atoms with Crippen LogP contribution >= 0.6 is 0 Å². The van der Waals surface area contributed by atoms with Gasteiger partial charge in [-0.1, -0.05) is 104 Å². The summed E-state index contributed by atoms with van der Waals surface area (Å²) in [6.07, 6.45) is 9.32. The second kappa shape index (κ2) is 16.1. The molecule has 0 aliphatic carbocycles. The second-order valence-corrected chi connectivity index (χ2v) is 9.49. The average Bonchev–Trinajstić information content (AvgIpc) is 2.95. The maximum Gasteiger partial charge on any atom is 0.310 e. The standard InChI is InChI=1S/C33H38O5/c1-37-29-23-21-27(22-24-29)18-12-20-30(32(34)35)31(33(36)38-25-28-16-9-5-10-17-28)19-11-3-2-6-13-26-14-7-4-8-15-26/h4-5,7-10,12,14-18,21-24,30-31H,2-3,6,11,13,19-20,25H2,1H3,(H,34,35)/b18-12+/t30-,31+/m0/s1. The summed E-state index contributed by atoms with van der Waals surface area (Å²) < 4.78 is 10.8. The molecule has 2 atom stereocenters. The van der Waals surface area contributed by atoms with Gasteiger partial charge in [0, 0.05) is 0 Å². The van der Waals surface area contributed by atoms with Gasteiger partial charge in [-0.05, 0) is 54.5 Å². The number of unbranched alkanes of at least 4 members (excludes halogenated alkanes) is 3. The van der Waals surface area contributed by atoms with Crippen LogP contribution in [0.1, 0.15) is 55.2 Å². The Morgan fingerprint density at radius 3 is 2.05 bits per heavy atom. The van der Waals surface area contributed by atoms with Crippen molar-refractivity contribution in [2.24, 2.45) is 11.8 Å². The lowest BCUT2D eigenvalue weighted by molar-refractivity contribution is -0.159. The summed E-state index contributed by atoms with van der Waals surface area (Å²) in [5.41, 5.74) is 3.15. The molecule has 3 aromatic rings. The van der Waals surface area contributed by atoms with E-state index in [2.05, 4.69) is 24.3 Å². The molecule has 5 nitrogen and oxygen atoms in total. The lowest BCUT2D eigenvalue weighted by Crippen LogP contribution is -2.31. The average molecular weight is 515 g/mol. The Labute approximate surface area is 226 Å². The predicted molar refractivity (Wildman–Crippen MR) is 151 cm³/mol. The molecule has 38 heavy (non-hydrogen) atoms. The Bertz CT molecular complexity index is 1120. The lowest BCUT2D eigenvalue weighted by atomic mass is 9.85. The zero-order valence-electron chi connectivity index (χ0n) is 22.1. The van der Waals surface area contributed by atoms with Gasteiger partial charge in [0.25, 0.3) is 0 Å². The first-order chi connectivity index (χ1) is 18.6. The monoisotopic (exact) mass is 514 g/mol. The molecule has 0 saturated heterocycles. The Balaban J connectivity index is 1.59. The fraction of sp³-hybridized carbons (Fsp3) is 0.333. The number of rotatable bonds is 16. The topological polar surface area (TPSA) is 72.8 Å². The molecule has 0 unspecified atom stereocenters. The van der Waals surface area contributed by atoms with Crippen LogP contribution in [-0.2, 0) is 27.4 Å². The summed E-state index contributed by atoms with van der Waals surface area (Å²) >= 11 is 0. The van der Waals surface area contributed by atoms with Crippen molar-refractivity contribution in [1.82, 2.24) is 0 Å². The fourth-order valence-corrected chi connectivity index (χ4v) is 4.51. The number of carbonyl (C=O) groups excluding carboxylic acids is 1. The first kappa shape index (κ1) is 28.7. The summed E-state index contributed by atoms with van der Waals surface area (Å²) in [4.78, 5) is 25.4. The zero-order chi connectivity index (χ0) is 27.0. The largest absolute Gasteiger partial charge is 0.497 e. The molecule has 0 radical (unpaired) electrons. The van der Waals surface area contributed by atoms with Crippen LogP contribution in [0.15, 0.2) is 91.0 Å². The number of methoxy groups -OCH3 is 1. The summed E-state index contributed by atoms with van der Waals surface area (Å²) in [5.74, 6) is -2.21. The van der Waals surface area contributed by atoms with E-state index in [1.54, 1.807) is 7.11 Å². The summed E-state index contributed by atoms with van der Waals surface area (Å²) in [5, 5.41) is 10.1. The number of aliphatic carboxylic acids is 1. The minimum absolute atomic E-state index is 0.140. The van der Waals surface area contributed by atoms with E-state index in [0.717, 1.165) is 49.0 Å². The van der Waals surface area contributed by atoms with Crippen LogP contribution in [0, 0.1) is 11.8 Å². The third kappa shape index (κ3) is 9.89. The molecule has 0 amide bonds. The van der Waals surface area contributed by atoms with Gasteiger partial charge in [0.05, 0.1) is 18.9 Å². The molecule has 1 N–H and O–H groups in total. The van der Waals surface area contributed by atoms with E-state index in [0.29, 0.717) is 6.42 Å². The van der Waals surface area contributed by atoms with E-state index < -0.39 is 23.8 Å². The van der Waals surface area contributed by atoms with Gasteiger partial charge in [0.1, 0.15) is 12.4 Å². The highest BCUT2D eigenvalue weighted by atomic mass is 16.5. The van der Waals surface area contributed by atoms with Crippen LogP contribution in [0.5, 0.6) is 5.75 Å². The number of ether oxygens (including phenoxy) is 2. The van der Waals surface area contributed by atoms with Crippen LogP contribution in [0.4, 0.5) is 0 Å². The van der Waals surface area contributed by atoms with E-state index in [1.165, 1.54) is 5.56 Å². The number of aryl methyl sites for hydroxylation is 1. The fourth-order valence-electron chi connectivity index (χ4n) is 4.51. The van der Waals surface area contributed by atoms with Crippen LogP contribution in [0.3, 0.4) is 0 Å². The maximum absolute atomic E-state index is 13.1. The van der Waals surface area contributed by atoms with Crippen LogP contribution in [-0.4, -0.2) is 24.2 Å². The van der Waals surface area contributed by atoms with Gasteiger partial charge in [0.2, 0.25) is 0 Å². The van der Waals surface area contributed by atoms with Crippen molar-refractivity contribution in [2.45, 2.75) is 51.6 Å². The number of allylic oxidation sites excluding steroid dienone is 1. The van der Waals surface area contributed by atoms with Crippen molar-refractivity contribution >= 4 is 18.0 Å². The van der Waals surface area contributed by atoms with E-state index in [1.807, 2.05) is 72.8 Å². The minimum atomic E-state index is -0.977.